The molecule has 0 aliphatic rings. The van der Waals surface area contributed by atoms with Gasteiger partial charge in [-0.3, -0.25) is 0 Å². The number of rotatable bonds is 5. The second kappa shape index (κ2) is 6.52. The Hall–Kier alpha value is -1.48. The molecule has 0 radical (unpaired) electrons. The summed E-state index contributed by atoms with van der Waals surface area (Å²) in [5.74, 6) is -12.8. The summed E-state index contributed by atoms with van der Waals surface area (Å²) < 4.78 is 75.1. The molecule has 0 bridgehead atoms. The van der Waals surface area contributed by atoms with Gasteiger partial charge < -0.3 is 9.16 Å². The van der Waals surface area contributed by atoms with Crippen molar-refractivity contribution in [2.75, 3.05) is 6.61 Å². The highest BCUT2D eigenvalue weighted by atomic mass is 28.2. The smallest absolute Gasteiger partial charge is 0.344 e. The third-order valence-electron chi connectivity index (χ3n) is 2.90. The van der Waals surface area contributed by atoms with Gasteiger partial charge in [0.05, 0.1) is 12.2 Å². The topological polar surface area (TPSA) is 35.5 Å². The van der Waals surface area contributed by atoms with Crippen LogP contribution in [0.5, 0.6) is 0 Å². The molecule has 0 saturated carbocycles. The molecule has 0 heterocycles. The van der Waals surface area contributed by atoms with Crippen molar-refractivity contribution in [2.24, 2.45) is 0 Å². The standard InChI is InChI=1S/C12H13F5O3Si/c1-12(2,20-21)3-4-19-11(18)5-6(13)8(15)10(17)9(16)7(5)14/h3-4H2,1-2,21H3. The first kappa shape index (κ1) is 17.6. The summed E-state index contributed by atoms with van der Waals surface area (Å²) >= 11 is 0. The van der Waals surface area contributed by atoms with Gasteiger partial charge in [-0.1, -0.05) is 0 Å². The van der Waals surface area contributed by atoms with E-state index in [0.29, 0.717) is 10.5 Å². The van der Waals surface area contributed by atoms with Gasteiger partial charge in [0.1, 0.15) is 16.0 Å². The Balaban J connectivity index is 2.94. The average Bonchev–Trinajstić information content (AvgIpc) is 2.43. The van der Waals surface area contributed by atoms with Gasteiger partial charge in [0.25, 0.3) is 0 Å². The number of esters is 1. The molecule has 21 heavy (non-hydrogen) atoms. The van der Waals surface area contributed by atoms with Crippen molar-refractivity contribution >= 4 is 16.5 Å². The Morgan fingerprint density at radius 3 is 1.86 bits per heavy atom. The fraction of sp³-hybridized carbons (Fsp3) is 0.417. The molecule has 0 spiro atoms. The molecule has 118 valence electrons. The summed E-state index contributed by atoms with van der Waals surface area (Å²) in [6.07, 6.45) is 0.206. The SMILES string of the molecule is CC(C)(CCOC(=O)c1c(F)c(F)c(F)c(F)c1F)O[SiH3]. The van der Waals surface area contributed by atoms with Gasteiger partial charge in [-0.25, -0.2) is 26.7 Å². The molecule has 1 rings (SSSR count). The number of benzene rings is 1. The first-order chi connectivity index (χ1) is 9.62. The molecule has 0 N–H and O–H groups in total. The van der Waals surface area contributed by atoms with E-state index >= 15 is 0 Å². The summed E-state index contributed by atoms with van der Waals surface area (Å²) in [6, 6.07) is 0. The lowest BCUT2D eigenvalue weighted by atomic mass is 10.1. The number of halogens is 5. The highest BCUT2D eigenvalue weighted by Gasteiger charge is 2.30. The highest BCUT2D eigenvalue weighted by molar-refractivity contribution is 5.98. The number of hydrogen-bond acceptors (Lipinski definition) is 3. The van der Waals surface area contributed by atoms with Crippen LogP contribution in [0.3, 0.4) is 0 Å². The largest absolute Gasteiger partial charge is 0.462 e. The molecule has 9 heteroatoms. The lowest BCUT2D eigenvalue weighted by Crippen LogP contribution is -2.26. The fourth-order valence-electron chi connectivity index (χ4n) is 1.35. The van der Waals surface area contributed by atoms with E-state index in [9.17, 15) is 26.7 Å². The van der Waals surface area contributed by atoms with E-state index in [1.165, 1.54) is 0 Å². The second-order valence-corrected chi connectivity index (χ2v) is 5.20. The molecule has 0 aromatic heterocycles. The minimum Gasteiger partial charge on any atom is -0.462 e. The number of carbonyl (C=O) groups is 1. The Bertz CT molecular complexity index is 533. The van der Waals surface area contributed by atoms with Crippen LogP contribution in [0, 0.1) is 29.1 Å². The minimum atomic E-state index is -2.33. The maximum atomic E-state index is 13.3. The summed E-state index contributed by atoms with van der Waals surface area (Å²) in [4.78, 5) is 11.5. The van der Waals surface area contributed by atoms with Crippen LogP contribution >= 0.6 is 0 Å². The maximum Gasteiger partial charge on any atom is 0.344 e. The van der Waals surface area contributed by atoms with E-state index < -0.39 is 46.2 Å². The summed E-state index contributed by atoms with van der Waals surface area (Å²) in [6.45, 7) is 3.12. The Kier molecular flexibility index (Phi) is 5.46. The van der Waals surface area contributed by atoms with Crippen molar-refractivity contribution < 1.29 is 35.9 Å². The zero-order valence-electron chi connectivity index (χ0n) is 11.5. The predicted molar refractivity (Wildman–Crippen MR) is 66.2 cm³/mol. The monoisotopic (exact) mass is 328 g/mol. The molecule has 0 fully saturated rings. The lowest BCUT2D eigenvalue weighted by Gasteiger charge is -2.23. The zero-order valence-corrected chi connectivity index (χ0v) is 13.5. The van der Waals surface area contributed by atoms with Gasteiger partial charge in [0.2, 0.25) is 5.82 Å². The summed E-state index contributed by atoms with van der Waals surface area (Å²) in [5.41, 5.74) is -2.21. The summed E-state index contributed by atoms with van der Waals surface area (Å²) in [7, 11) is 0.428. The normalized spacial score (nSPS) is 11.8. The van der Waals surface area contributed by atoms with Crippen LogP contribution in [0.2, 0.25) is 0 Å². The van der Waals surface area contributed by atoms with Crippen molar-refractivity contribution in [3.05, 3.63) is 34.6 Å². The predicted octanol–water partition coefficient (Wildman–Crippen LogP) is 2.00. The van der Waals surface area contributed by atoms with Crippen LogP contribution < -0.4 is 0 Å². The second-order valence-electron chi connectivity index (χ2n) is 4.79. The van der Waals surface area contributed by atoms with Crippen molar-refractivity contribution in [3.63, 3.8) is 0 Å². The first-order valence-corrected chi connectivity index (χ1v) is 6.67. The van der Waals surface area contributed by atoms with E-state index in [1.807, 2.05) is 0 Å². The van der Waals surface area contributed by atoms with E-state index in [2.05, 4.69) is 4.74 Å². The van der Waals surface area contributed by atoms with Crippen molar-refractivity contribution in [2.45, 2.75) is 25.9 Å². The van der Waals surface area contributed by atoms with Crippen molar-refractivity contribution in [1.82, 2.24) is 0 Å². The molecule has 1 aromatic carbocycles. The Morgan fingerprint density at radius 1 is 1.00 bits per heavy atom. The van der Waals surface area contributed by atoms with Crippen LogP contribution in [0.1, 0.15) is 30.6 Å². The van der Waals surface area contributed by atoms with Gasteiger partial charge in [0.15, 0.2) is 23.3 Å². The molecule has 0 atom stereocenters. The number of ether oxygens (including phenoxy) is 1. The van der Waals surface area contributed by atoms with Crippen molar-refractivity contribution in [3.8, 4) is 0 Å². The zero-order chi connectivity index (χ0) is 16.4. The lowest BCUT2D eigenvalue weighted by molar-refractivity contribution is 0.0341. The van der Waals surface area contributed by atoms with Crippen LogP contribution in [0.25, 0.3) is 0 Å². The molecule has 0 saturated heterocycles. The van der Waals surface area contributed by atoms with Gasteiger partial charge in [0, 0.05) is 6.42 Å². The highest BCUT2D eigenvalue weighted by Crippen LogP contribution is 2.24. The minimum absolute atomic E-state index is 0.206. The van der Waals surface area contributed by atoms with Gasteiger partial charge >= 0.3 is 5.97 Å². The Labute approximate surface area is 120 Å². The van der Waals surface area contributed by atoms with Gasteiger partial charge in [-0.05, 0) is 13.8 Å². The van der Waals surface area contributed by atoms with E-state index in [4.69, 9.17) is 4.43 Å². The maximum absolute atomic E-state index is 13.3. The van der Waals surface area contributed by atoms with Crippen LogP contribution in [0.4, 0.5) is 22.0 Å². The van der Waals surface area contributed by atoms with Crippen LogP contribution in [-0.2, 0) is 9.16 Å². The molecule has 1 aromatic rings. The quantitative estimate of drug-likeness (QED) is 0.273. The molecular weight excluding hydrogens is 315 g/mol. The van der Waals surface area contributed by atoms with Gasteiger partial charge in [-0.2, -0.15) is 0 Å². The molecule has 0 unspecified atom stereocenters. The fourth-order valence-corrected chi connectivity index (χ4v) is 1.55. The molecule has 0 amide bonds. The first-order valence-electron chi connectivity index (χ1n) is 5.86. The summed E-state index contributed by atoms with van der Waals surface area (Å²) in [5, 5.41) is 0. The van der Waals surface area contributed by atoms with Gasteiger partial charge in [-0.15, -0.1) is 0 Å². The number of carbonyl (C=O) groups excluding carboxylic acids is 1. The van der Waals surface area contributed by atoms with Crippen LogP contribution in [0.15, 0.2) is 0 Å². The van der Waals surface area contributed by atoms with E-state index in [-0.39, 0.29) is 13.0 Å². The van der Waals surface area contributed by atoms with Crippen LogP contribution in [-0.4, -0.2) is 28.7 Å². The third kappa shape index (κ3) is 3.79. The molecule has 0 aliphatic heterocycles. The van der Waals surface area contributed by atoms with E-state index in [1.54, 1.807) is 13.8 Å². The average molecular weight is 328 g/mol. The molecule has 3 nitrogen and oxygen atoms in total. The molecule has 0 aliphatic carbocycles. The third-order valence-corrected chi connectivity index (χ3v) is 4.01. The Morgan fingerprint density at radius 2 is 1.43 bits per heavy atom. The van der Waals surface area contributed by atoms with Crippen molar-refractivity contribution in [1.29, 1.82) is 0 Å². The molecular formula is C12H13F5O3Si. The number of hydrogen-bond donors (Lipinski definition) is 0. The van der Waals surface area contributed by atoms with E-state index in [0.717, 1.165) is 0 Å².